The maximum absolute atomic E-state index is 12.4. The number of methoxy groups -OCH3 is 2. The van der Waals surface area contributed by atoms with Crippen LogP contribution in [-0.2, 0) is 14.8 Å². The van der Waals surface area contributed by atoms with E-state index in [0.717, 1.165) is 12.1 Å². The molecule has 0 radical (unpaired) electrons. The molecule has 0 aliphatic rings. The molecule has 0 saturated carbocycles. The van der Waals surface area contributed by atoms with E-state index in [1.54, 1.807) is 6.92 Å². The number of halogens is 3. The van der Waals surface area contributed by atoms with Gasteiger partial charge >= 0.3 is 6.36 Å². The smallest absolute Gasteiger partial charge is 0.493 e. The molecule has 0 heterocycles. The zero-order valence-corrected chi connectivity index (χ0v) is 18.3. The highest BCUT2D eigenvalue weighted by atomic mass is 32.2. The first-order chi connectivity index (χ1) is 14.9. The molecule has 176 valence electrons. The molecule has 1 atom stereocenters. The Hall–Kier alpha value is -2.99. The van der Waals surface area contributed by atoms with Crippen LogP contribution >= 0.6 is 0 Å². The molecule has 2 aromatic rings. The minimum Gasteiger partial charge on any atom is -0.493 e. The van der Waals surface area contributed by atoms with Crippen LogP contribution in [0.3, 0.4) is 0 Å². The lowest BCUT2D eigenvalue weighted by molar-refractivity contribution is -0.274. The van der Waals surface area contributed by atoms with E-state index in [1.165, 1.54) is 44.6 Å². The van der Waals surface area contributed by atoms with Gasteiger partial charge in [-0.2, -0.15) is 0 Å². The second-order valence-corrected chi connectivity index (χ2v) is 8.34. The van der Waals surface area contributed by atoms with Crippen LogP contribution in [0.1, 0.15) is 24.9 Å². The van der Waals surface area contributed by atoms with Crippen LogP contribution in [0.2, 0.25) is 0 Å². The number of carbonyl (C=O) groups excluding carboxylic acids is 1. The van der Waals surface area contributed by atoms with Crippen LogP contribution in [0.5, 0.6) is 17.2 Å². The van der Waals surface area contributed by atoms with Crippen LogP contribution in [-0.4, -0.2) is 41.5 Å². The van der Waals surface area contributed by atoms with Gasteiger partial charge < -0.3 is 19.5 Å². The summed E-state index contributed by atoms with van der Waals surface area (Å²) in [6.07, 6.45) is -4.93. The van der Waals surface area contributed by atoms with E-state index in [-0.39, 0.29) is 29.4 Å². The van der Waals surface area contributed by atoms with Crippen molar-refractivity contribution >= 4 is 15.9 Å². The van der Waals surface area contributed by atoms with Crippen molar-refractivity contribution in [3.63, 3.8) is 0 Å². The Labute approximate surface area is 183 Å². The number of sulfonamides is 1. The third-order valence-corrected chi connectivity index (χ3v) is 5.76. The topological polar surface area (TPSA) is 103 Å². The molecule has 0 aliphatic heterocycles. The highest BCUT2D eigenvalue weighted by Gasteiger charge is 2.31. The standard InChI is InChI=1S/C20H23F3N2O6S/c1-13(14-4-6-15(7-5-14)31-20(21,22)23)25-19(26)10-11-24-32(27,28)16-8-9-17(29-2)18(12-16)30-3/h4-9,12-13,24H,10-11H2,1-3H3,(H,25,26). The molecule has 2 aromatic carbocycles. The van der Waals surface area contributed by atoms with Crippen LogP contribution in [0.15, 0.2) is 47.4 Å². The summed E-state index contributed by atoms with van der Waals surface area (Å²) in [4.78, 5) is 12.1. The van der Waals surface area contributed by atoms with Gasteiger partial charge in [-0.3, -0.25) is 4.79 Å². The summed E-state index contributed by atoms with van der Waals surface area (Å²) in [5.74, 6) is -0.195. The van der Waals surface area contributed by atoms with E-state index in [9.17, 15) is 26.4 Å². The monoisotopic (exact) mass is 476 g/mol. The molecule has 8 nitrogen and oxygen atoms in total. The summed E-state index contributed by atoms with van der Waals surface area (Å²) < 4.78 is 77.8. The highest BCUT2D eigenvalue weighted by Crippen LogP contribution is 2.29. The molecule has 1 amide bonds. The van der Waals surface area contributed by atoms with Crippen LogP contribution in [0.4, 0.5) is 13.2 Å². The van der Waals surface area contributed by atoms with Gasteiger partial charge in [-0.05, 0) is 36.8 Å². The van der Waals surface area contributed by atoms with E-state index >= 15 is 0 Å². The first-order valence-corrected chi connectivity index (χ1v) is 10.8. The molecule has 12 heteroatoms. The average Bonchev–Trinajstić information content (AvgIpc) is 2.72. The van der Waals surface area contributed by atoms with Gasteiger partial charge in [-0.25, -0.2) is 13.1 Å². The largest absolute Gasteiger partial charge is 0.573 e. The maximum atomic E-state index is 12.4. The lowest BCUT2D eigenvalue weighted by atomic mass is 10.1. The molecule has 0 spiro atoms. The fourth-order valence-electron chi connectivity index (χ4n) is 2.72. The summed E-state index contributed by atoms with van der Waals surface area (Å²) in [6.45, 7) is 1.49. The minimum absolute atomic E-state index is 0.0508. The molecular formula is C20H23F3N2O6S. The van der Waals surface area contributed by atoms with E-state index in [0.29, 0.717) is 11.3 Å². The third-order valence-electron chi connectivity index (χ3n) is 4.30. The number of amides is 1. The fraction of sp³-hybridized carbons (Fsp3) is 0.350. The van der Waals surface area contributed by atoms with Gasteiger partial charge in [0.1, 0.15) is 5.75 Å². The molecule has 0 aromatic heterocycles. The Balaban J connectivity index is 1.88. The Kier molecular flexibility index (Phi) is 8.33. The van der Waals surface area contributed by atoms with Crippen molar-refractivity contribution in [1.82, 2.24) is 10.0 Å². The summed E-state index contributed by atoms with van der Waals surface area (Å²) >= 11 is 0. The molecular weight excluding hydrogens is 453 g/mol. The zero-order valence-electron chi connectivity index (χ0n) is 17.5. The van der Waals surface area contributed by atoms with Gasteiger partial charge in [0, 0.05) is 19.0 Å². The number of hydrogen-bond acceptors (Lipinski definition) is 6. The van der Waals surface area contributed by atoms with Crippen molar-refractivity contribution in [2.24, 2.45) is 0 Å². The van der Waals surface area contributed by atoms with Gasteiger partial charge in [0.15, 0.2) is 11.5 Å². The SMILES string of the molecule is COc1ccc(S(=O)(=O)NCCC(=O)NC(C)c2ccc(OC(F)(F)F)cc2)cc1OC. The molecule has 32 heavy (non-hydrogen) atoms. The Morgan fingerprint density at radius 2 is 1.66 bits per heavy atom. The van der Waals surface area contributed by atoms with Crippen molar-refractivity contribution in [2.75, 3.05) is 20.8 Å². The lowest BCUT2D eigenvalue weighted by Gasteiger charge is -2.16. The summed E-state index contributed by atoms with van der Waals surface area (Å²) in [5.41, 5.74) is 0.554. The molecule has 0 saturated heterocycles. The number of nitrogens with one attached hydrogen (secondary N) is 2. The van der Waals surface area contributed by atoms with Crippen molar-refractivity contribution in [1.29, 1.82) is 0 Å². The Bertz CT molecular complexity index is 1030. The molecule has 2 rings (SSSR count). The Morgan fingerprint density at radius 3 is 2.22 bits per heavy atom. The quantitative estimate of drug-likeness (QED) is 0.546. The lowest BCUT2D eigenvalue weighted by Crippen LogP contribution is -2.32. The van der Waals surface area contributed by atoms with Crippen LogP contribution < -0.4 is 24.2 Å². The van der Waals surface area contributed by atoms with Gasteiger partial charge in [0.2, 0.25) is 15.9 Å². The number of carbonyl (C=O) groups is 1. The van der Waals surface area contributed by atoms with Gasteiger partial charge in [-0.15, -0.1) is 13.2 Å². The number of benzene rings is 2. The molecule has 1 unspecified atom stereocenters. The second kappa shape index (κ2) is 10.6. The number of ether oxygens (including phenoxy) is 3. The number of rotatable bonds is 10. The van der Waals surface area contributed by atoms with Gasteiger partial charge in [0.05, 0.1) is 25.2 Å². The van der Waals surface area contributed by atoms with Gasteiger partial charge in [0.25, 0.3) is 0 Å². The zero-order chi connectivity index (χ0) is 23.9. The molecule has 0 fully saturated rings. The average molecular weight is 476 g/mol. The second-order valence-electron chi connectivity index (χ2n) is 6.57. The van der Waals surface area contributed by atoms with Crippen LogP contribution in [0.25, 0.3) is 0 Å². The fourth-order valence-corrected chi connectivity index (χ4v) is 3.77. The number of alkyl halides is 3. The van der Waals surface area contributed by atoms with Crippen molar-refractivity contribution in [3.05, 3.63) is 48.0 Å². The predicted molar refractivity (Wildman–Crippen MR) is 109 cm³/mol. The van der Waals surface area contributed by atoms with E-state index in [1.807, 2.05) is 0 Å². The third kappa shape index (κ3) is 7.31. The molecule has 2 N–H and O–H groups in total. The summed E-state index contributed by atoms with van der Waals surface area (Å²) in [7, 11) is -1.08. The molecule has 0 bridgehead atoms. The maximum Gasteiger partial charge on any atom is 0.573 e. The first-order valence-electron chi connectivity index (χ1n) is 9.32. The Morgan fingerprint density at radius 1 is 1.03 bits per heavy atom. The predicted octanol–water partition coefficient (Wildman–Crippen LogP) is 3.15. The summed E-state index contributed by atoms with van der Waals surface area (Å²) in [5, 5.41) is 2.65. The van der Waals surface area contributed by atoms with Gasteiger partial charge in [-0.1, -0.05) is 12.1 Å². The molecule has 0 aliphatic carbocycles. The van der Waals surface area contributed by atoms with Crippen molar-refractivity contribution < 1.29 is 40.6 Å². The van der Waals surface area contributed by atoms with Crippen molar-refractivity contribution in [3.8, 4) is 17.2 Å². The highest BCUT2D eigenvalue weighted by molar-refractivity contribution is 7.89. The minimum atomic E-state index is -4.79. The summed E-state index contributed by atoms with van der Waals surface area (Å²) in [6, 6.07) is 8.66. The van der Waals surface area contributed by atoms with E-state index < -0.39 is 28.3 Å². The first kappa shape index (κ1) is 25.3. The number of hydrogen-bond donors (Lipinski definition) is 2. The van der Waals surface area contributed by atoms with E-state index in [2.05, 4.69) is 14.8 Å². The van der Waals surface area contributed by atoms with E-state index in [4.69, 9.17) is 9.47 Å². The van der Waals surface area contributed by atoms with Crippen LogP contribution in [0, 0.1) is 0 Å². The normalized spacial score (nSPS) is 12.7. The van der Waals surface area contributed by atoms with Crippen molar-refractivity contribution in [2.45, 2.75) is 30.6 Å².